The van der Waals surface area contributed by atoms with Crippen molar-refractivity contribution in [2.24, 2.45) is 0 Å². The first kappa shape index (κ1) is 9.79. The van der Waals surface area contributed by atoms with Gasteiger partial charge in [-0.1, -0.05) is 6.07 Å². The van der Waals surface area contributed by atoms with Gasteiger partial charge in [0.15, 0.2) is 0 Å². The summed E-state index contributed by atoms with van der Waals surface area (Å²) in [5.74, 6) is -0.000370. The van der Waals surface area contributed by atoms with E-state index >= 15 is 0 Å². The monoisotopic (exact) mass is 210 g/mol. The topological polar surface area (TPSA) is 37.3 Å². The van der Waals surface area contributed by atoms with E-state index in [4.69, 9.17) is 5.11 Å². The first-order valence-electron chi connectivity index (χ1n) is 2.49. The minimum atomic E-state index is -0.000370. The molecule has 0 aliphatic carbocycles. The molecule has 0 amide bonds. The zero-order valence-electron chi connectivity index (χ0n) is 5.24. The van der Waals surface area contributed by atoms with Gasteiger partial charge in [0.1, 0.15) is 0 Å². The third kappa shape index (κ3) is 2.59. The van der Waals surface area contributed by atoms with Gasteiger partial charge >= 0.3 is 0 Å². The van der Waals surface area contributed by atoms with Crippen LogP contribution in [0.4, 0.5) is 0 Å². The molecule has 0 aliphatic heterocycles. The molecular weight excluding hydrogens is 205 g/mol. The van der Waals surface area contributed by atoms with Crippen LogP contribution in [0.15, 0.2) is 18.2 Å². The maximum Gasteiger partial charge on any atom is 0.0657 e. The standard InChI is InChI=1S/C7H5O2.Y/c8-5-6-2-1-3-7(9)4-6;/h1-3,5,9H;/q-1;. The van der Waals surface area contributed by atoms with E-state index in [0.717, 1.165) is 0 Å². The molecule has 10 heavy (non-hydrogen) atoms. The van der Waals surface area contributed by atoms with Crippen LogP contribution in [0, 0.1) is 6.07 Å². The number of phenols is 1. The molecule has 1 aromatic carbocycles. The molecule has 1 rings (SSSR count). The molecule has 0 atom stereocenters. The smallest absolute Gasteiger partial charge is 0.0657 e. The second kappa shape index (κ2) is 4.58. The maximum atomic E-state index is 10.0. The zero-order chi connectivity index (χ0) is 6.69. The summed E-state index contributed by atoms with van der Waals surface area (Å²) in [4.78, 5) is 10.0. The summed E-state index contributed by atoms with van der Waals surface area (Å²) in [6, 6.07) is 7.08. The summed E-state index contributed by atoms with van der Waals surface area (Å²) in [6.45, 7) is 0. The summed E-state index contributed by atoms with van der Waals surface area (Å²) in [5.41, 5.74) is 0.370. The van der Waals surface area contributed by atoms with Crippen molar-refractivity contribution in [1.29, 1.82) is 0 Å². The van der Waals surface area contributed by atoms with Gasteiger partial charge < -0.3 is 9.90 Å². The Morgan fingerprint density at radius 3 is 2.60 bits per heavy atom. The molecule has 0 aromatic heterocycles. The molecule has 0 spiro atoms. The Bertz CT molecular complexity index is 223. The van der Waals surface area contributed by atoms with Gasteiger partial charge in [0.05, 0.1) is 6.29 Å². The van der Waals surface area contributed by atoms with E-state index in [1.54, 1.807) is 12.1 Å². The van der Waals surface area contributed by atoms with Crippen LogP contribution in [0.2, 0.25) is 0 Å². The second-order valence-electron chi connectivity index (χ2n) is 1.61. The van der Waals surface area contributed by atoms with Crippen LogP contribution in [0.5, 0.6) is 5.75 Å². The third-order valence-electron chi connectivity index (χ3n) is 0.929. The summed E-state index contributed by atoms with van der Waals surface area (Å²) < 4.78 is 0. The average molecular weight is 210 g/mol. The summed E-state index contributed by atoms with van der Waals surface area (Å²) in [5, 5.41) is 8.73. The van der Waals surface area contributed by atoms with Crippen LogP contribution in [0.25, 0.3) is 0 Å². The molecule has 0 saturated carbocycles. The van der Waals surface area contributed by atoms with Crippen molar-refractivity contribution in [3.63, 3.8) is 0 Å². The van der Waals surface area contributed by atoms with Crippen LogP contribution < -0.4 is 0 Å². The first-order chi connectivity index (χ1) is 4.33. The summed E-state index contributed by atoms with van der Waals surface area (Å²) in [6.07, 6.45) is 0.639. The van der Waals surface area contributed by atoms with Crippen molar-refractivity contribution >= 4 is 6.29 Å². The van der Waals surface area contributed by atoms with Gasteiger partial charge in [-0.05, 0) is 0 Å². The summed E-state index contributed by atoms with van der Waals surface area (Å²) in [7, 11) is 0. The van der Waals surface area contributed by atoms with Crippen LogP contribution in [0.3, 0.4) is 0 Å². The van der Waals surface area contributed by atoms with Crippen molar-refractivity contribution in [3.8, 4) is 5.75 Å². The molecule has 1 N–H and O–H groups in total. The predicted octanol–water partition coefficient (Wildman–Crippen LogP) is 1.00. The first-order valence-corrected chi connectivity index (χ1v) is 2.49. The number of rotatable bonds is 1. The normalized spacial score (nSPS) is 8.00. The SMILES string of the molecule is O=Cc1[c-]c(O)ccc1.[Y]. The second-order valence-corrected chi connectivity index (χ2v) is 1.61. The number of aromatic hydroxyl groups is 1. The molecule has 49 valence electrons. The van der Waals surface area contributed by atoms with Crippen molar-refractivity contribution in [2.75, 3.05) is 0 Å². The van der Waals surface area contributed by atoms with Crippen LogP contribution in [-0.2, 0) is 32.7 Å². The van der Waals surface area contributed by atoms with E-state index < -0.39 is 0 Å². The predicted molar refractivity (Wildman–Crippen MR) is 32.3 cm³/mol. The maximum absolute atomic E-state index is 10.0. The van der Waals surface area contributed by atoms with E-state index in [1.165, 1.54) is 6.07 Å². The molecule has 0 fully saturated rings. The average Bonchev–Trinajstić information content (AvgIpc) is 1.88. The van der Waals surface area contributed by atoms with Crippen molar-refractivity contribution in [3.05, 3.63) is 29.8 Å². The van der Waals surface area contributed by atoms with Crippen molar-refractivity contribution in [1.82, 2.24) is 0 Å². The molecule has 1 radical (unpaired) electrons. The zero-order valence-corrected chi connectivity index (χ0v) is 8.08. The molecule has 1 aromatic rings. The fourth-order valence-corrected chi connectivity index (χ4v) is 0.543. The van der Waals surface area contributed by atoms with E-state index in [9.17, 15) is 4.79 Å². The van der Waals surface area contributed by atoms with Crippen molar-refractivity contribution < 1.29 is 42.6 Å². The number of hydrogen-bond donors (Lipinski definition) is 1. The Labute approximate surface area is 84.1 Å². The van der Waals surface area contributed by atoms with Gasteiger partial charge in [-0.15, -0.1) is 23.8 Å². The van der Waals surface area contributed by atoms with Gasteiger partial charge in [-0.25, -0.2) is 0 Å². The Hall–Kier alpha value is -0.206. The number of carbonyl (C=O) groups is 1. The van der Waals surface area contributed by atoms with Gasteiger partial charge in [-0.3, -0.25) is 0 Å². The number of benzene rings is 1. The molecule has 2 nitrogen and oxygen atoms in total. The molecule has 0 aliphatic rings. The molecule has 0 bridgehead atoms. The van der Waals surface area contributed by atoms with Gasteiger partial charge in [0.2, 0.25) is 0 Å². The Balaban J connectivity index is 0.000000810. The Kier molecular flexibility index (Phi) is 4.49. The Morgan fingerprint density at radius 1 is 1.50 bits per heavy atom. The quantitative estimate of drug-likeness (QED) is 0.554. The molecular formula is C7H5O2Y-. The molecule has 0 saturated heterocycles. The van der Waals surface area contributed by atoms with E-state index in [0.29, 0.717) is 11.8 Å². The van der Waals surface area contributed by atoms with E-state index in [2.05, 4.69) is 6.07 Å². The van der Waals surface area contributed by atoms with E-state index in [-0.39, 0.29) is 38.5 Å². The third-order valence-corrected chi connectivity index (χ3v) is 0.929. The number of hydrogen-bond acceptors (Lipinski definition) is 2. The Morgan fingerprint density at radius 2 is 2.20 bits per heavy atom. The van der Waals surface area contributed by atoms with Crippen LogP contribution in [0.1, 0.15) is 10.4 Å². The molecule has 0 unspecified atom stereocenters. The fourth-order valence-electron chi connectivity index (χ4n) is 0.543. The van der Waals surface area contributed by atoms with Crippen LogP contribution >= 0.6 is 0 Å². The minimum absolute atomic E-state index is 0. The van der Waals surface area contributed by atoms with Crippen molar-refractivity contribution in [2.45, 2.75) is 0 Å². The number of aldehydes is 1. The number of carbonyl (C=O) groups excluding carboxylic acids is 1. The fraction of sp³-hybridized carbons (Fsp3) is 0. The van der Waals surface area contributed by atoms with Gasteiger partial charge in [0.25, 0.3) is 0 Å². The molecule has 3 heteroatoms. The van der Waals surface area contributed by atoms with Gasteiger partial charge in [-0.2, -0.15) is 0 Å². The largest absolute Gasteiger partial charge is 0.528 e. The summed E-state index contributed by atoms with van der Waals surface area (Å²) >= 11 is 0. The van der Waals surface area contributed by atoms with E-state index in [1.807, 2.05) is 0 Å². The van der Waals surface area contributed by atoms with Crippen LogP contribution in [-0.4, -0.2) is 11.4 Å². The van der Waals surface area contributed by atoms with Gasteiger partial charge in [0, 0.05) is 38.5 Å². The number of phenolic OH excluding ortho intramolecular Hbond substituents is 1. The minimum Gasteiger partial charge on any atom is -0.528 e. The molecule has 0 heterocycles.